The minimum absolute atomic E-state index is 0.0213. The molecule has 116 valence electrons. The van der Waals surface area contributed by atoms with E-state index in [2.05, 4.69) is 5.32 Å². The molecule has 1 amide bonds. The Labute approximate surface area is 140 Å². The summed E-state index contributed by atoms with van der Waals surface area (Å²) in [6.07, 6.45) is 1.46. The van der Waals surface area contributed by atoms with Crippen LogP contribution in [-0.2, 0) is 4.79 Å². The number of ether oxygens (including phenoxy) is 1. The van der Waals surface area contributed by atoms with Gasteiger partial charge in [0.25, 0.3) is 5.91 Å². The fourth-order valence-electron chi connectivity index (χ4n) is 1.90. The van der Waals surface area contributed by atoms with Gasteiger partial charge in [-0.2, -0.15) is 5.26 Å². The predicted octanol–water partition coefficient (Wildman–Crippen LogP) is 4.28. The number of carbonyl (C=O) groups is 1. The molecule has 2 aromatic rings. The average molecular weight is 327 g/mol. The van der Waals surface area contributed by atoms with Crippen molar-refractivity contribution in [2.45, 2.75) is 6.92 Å². The van der Waals surface area contributed by atoms with Crippen LogP contribution < -0.4 is 10.1 Å². The first-order valence-electron chi connectivity index (χ1n) is 7.04. The smallest absolute Gasteiger partial charge is 0.266 e. The lowest BCUT2D eigenvalue weighted by Crippen LogP contribution is -2.13. The Morgan fingerprint density at radius 3 is 2.57 bits per heavy atom. The Hall–Kier alpha value is -2.77. The molecule has 0 heterocycles. The van der Waals surface area contributed by atoms with E-state index in [9.17, 15) is 10.1 Å². The molecule has 0 aromatic heterocycles. The average Bonchev–Trinajstić information content (AvgIpc) is 2.56. The van der Waals surface area contributed by atoms with Gasteiger partial charge < -0.3 is 10.1 Å². The first-order valence-corrected chi connectivity index (χ1v) is 7.42. The SMILES string of the molecule is CCOc1ccc(NC(=O)/C(C#N)=C/c2ccccc2Cl)cc1. The molecule has 0 spiro atoms. The summed E-state index contributed by atoms with van der Waals surface area (Å²) in [7, 11) is 0. The third-order valence-corrected chi connectivity index (χ3v) is 3.34. The number of benzene rings is 2. The van der Waals surface area contributed by atoms with Gasteiger partial charge in [-0.05, 0) is 48.9 Å². The van der Waals surface area contributed by atoms with E-state index in [1.807, 2.05) is 13.0 Å². The molecule has 2 aromatic carbocycles. The van der Waals surface area contributed by atoms with Gasteiger partial charge >= 0.3 is 0 Å². The van der Waals surface area contributed by atoms with E-state index < -0.39 is 5.91 Å². The Morgan fingerprint density at radius 1 is 1.26 bits per heavy atom. The maximum absolute atomic E-state index is 12.2. The van der Waals surface area contributed by atoms with Gasteiger partial charge in [-0.1, -0.05) is 29.8 Å². The van der Waals surface area contributed by atoms with Crippen molar-refractivity contribution in [1.29, 1.82) is 5.26 Å². The number of anilines is 1. The van der Waals surface area contributed by atoms with Gasteiger partial charge in [0, 0.05) is 10.7 Å². The lowest BCUT2D eigenvalue weighted by Gasteiger charge is -2.07. The first-order chi connectivity index (χ1) is 11.1. The van der Waals surface area contributed by atoms with Crippen LogP contribution >= 0.6 is 11.6 Å². The number of nitriles is 1. The van der Waals surface area contributed by atoms with Crippen LogP contribution in [-0.4, -0.2) is 12.5 Å². The Kier molecular flexibility index (Phi) is 5.79. The molecule has 0 aliphatic rings. The molecule has 0 saturated heterocycles. The summed E-state index contributed by atoms with van der Waals surface area (Å²) >= 11 is 6.04. The van der Waals surface area contributed by atoms with Crippen LogP contribution in [0.1, 0.15) is 12.5 Å². The molecule has 5 heteroatoms. The fraction of sp³-hybridized carbons (Fsp3) is 0.111. The molecule has 23 heavy (non-hydrogen) atoms. The van der Waals surface area contributed by atoms with Crippen molar-refractivity contribution in [3.8, 4) is 11.8 Å². The summed E-state index contributed by atoms with van der Waals surface area (Å²) in [6, 6.07) is 15.8. The molecule has 0 aliphatic carbocycles. The van der Waals surface area contributed by atoms with Gasteiger partial charge in [0.05, 0.1) is 6.61 Å². The third kappa shape index (κ3) is 4.60. The minimum atomic E-state index is -0.489. The second kappa shape index (κ2) is 8.02. The molecule has 1 N–H and O–H groups in total. The zero-order valence-corrected chi connectivity index (χ0v) is 13.3. The van der Waals surface area contributed by atoms with E-state index in [-0.39, 0.29) is 5.57 Å². The van der Waals surface area contributed by atoms with E-state index >= 15 is 0 Å². The van der Waals surface area contributed by atoms with Gasteiger partial charge in [-0.25, -0.2) is 0 Å². The van der Waals surface area contributed by atoms with Crippen LogP contribution in [0.2, 0.25) is 5.02 Å². The first kappa shape index (κ1) is 16.6. The molecule has 0 aliphatic heterocycles. The van der Waals surface area contributed by atoms with E-state index in [4.69, 9.17) is 16.3 Å². The summed E-state index contributed by atoms with van der Waals surface area (Å²) < 4.78 is 5.34. The fourth-order valence-corrected chi connectivity index (χ4v) is 2.09. The van der Waals surface area contributed by atoms with Gasteiger partial charge in [0.15, 0.2) is 0 Å². The van der Waals surface area contributed by atoms with Crippen LogP contribution in [0.3, 0.4) is 0 Å². The molecular weight excluding hydrogens is 312 g/mol. The molecule has 0 unspecified atom stereocenters. The van der Waals surface area contributed by atoms with Gasteiger partial charge in [0.2, 0.25) is 0 Å². The summed E-state index contributed by atoms with van der Waals surface area (Å²) in [5, 5.41) is 12.4. The van der Waals surface area contributed by atoms with Crippen LogP contribution in [0.4, 0.5) is 5.69 Å². The van der Waals surface area contributed by atoms with Crippen LogP contribution in [0.5, 0.6) is 5.75 Å². The number of hydrogen-bond donors (Lipinski definition) is 1. The van der Waals surface area contributed by atoms with Crippen molar-refractivity contribution >= 4 is 29.3 Å². The highest BCUT2D eigenvalue weighted by Gasteiger charge is 2.10. The van der Waals surface area contributed by atoms with Crippen molar-refractivity contribution < 1.29 is 9.53 Å². The third-order valence-electron chi connectivity index (χ3n) is 2.99. The Bertz CT molecular complexity index is 761. The molecule has 4 nitrogen and oxygen atoms in total. The minimum Gasteiger partial charge on any atom is -0.494 e. The number of carbonyl (C=O) groups excluding carboxylic acids is 1. The van der Waals surface area contributed by atoms with Gasteiger partial charge in [-0.15, -0.1) is 0 Å². The highest BCUT2D eigenvalue weighted by molar-refractivity contribution is 6.32. The zero-order valence-electron chi connectivity index (χ0n) is 12.5. The quantitative estimate of drug-likeness (QED) is 0.658. The topological polar surface area (TPSA) is 62.1 Å². The largest absolute Gasteiger partial charge is 0.494 e. The van der Waals surface area contributed by atoms with E-state index in [0.29, 0.717) is 22.9 Å². The summed E-state index contributed by atoms with van der Waals surface area (Å²) in [6.45, 7) is 2.47. The van der Waals surface area contributed by atoms with Crippen molar-refractivity contribution in [1.82, 2.24) is 0 Å². The highest BCUT2D eigenvalue weighted by Crippen LogP contribution is 2.20. The number of rotatable bonds is 5. The molecule has 0 bridgehead atoms. The second-order valence-electron chi connectivity index (χ2n) is 4.60. The number of amides is 1. The van der Waals surface area contributed by atoms with Crippen molar-refractivity contribution in [2.75, 3.05) is 11.9 Å². The standard InChI is InChI=1S/C18H15ClN2O2/c1-2-23-16-9-7-15(8-10-16)21-18(22)14(12-20)11-13-5-3-4-6-17(13)19/h3-11H,2H2,1H3,(H,21,22)/b14-11+. The lowest BCUT2D eigenvalue weighted by molar-refractivity contribution is -0.112. The van der Waals surface area contributed by atoms with Crippen LogP contribution in [0, 0.1) is 11.3 Å². The van der Waals surface area contributed by atoms with Crippen molar-refractivity contribution in [3.05, 3.63) is 64.7 Å². The van der Waals surface area contributed by atoms with E-state index in [1.165, 1.54) is 6.08 Å². The molecule has 0 atom stereocenters. The van der Waals surface area contributed by atoms with Gasteiger partial charge in [0.1, 0.15) is 17.4 Å². The molecule has 0 fully saturated rings. The summed E-state index contributed by atoms with van der Waals surface area (Å²) in [4.78, 5) is 12.2. The highest BCUT2D eigenvalue weighted by atomic mass is 35.5. The Morgan fingerprint density at radius 2 is 1.96 bits per heavy atom. The van der Waals surface area contributed by atoms with Crippen LogP contribution in [0.15, 0.2) is 54.1 Å². The predicted molar refractivity (Wildman–Crippen MR) is 91.3 cm³/mol. The molecule has 0 radical (unpaired) electrons. The second-order valence-corrected chi connectivity index (χ2v) is 5.01. The number of halogens is 1. The van der Waals surface area contributed by atoms with E-state index in [1.54, 1.807) is 48.5 Å². The molecule has 0 saturated carbocycles. The summed E-state index contributed by atoms with van der Waals surface area (Å²) in [5.74, 6) is 0.231. The zero-order chi connectivity index (χ0) is 16.7. The maximum Gasteiger partial charge on any atom is 0.266 e. The number of nitrogens with one attached hydrogen (secondary N) is 1. The van der Waals surface area contributed by atoms with Crippen molar-refractivity contribution in [2.24, 2.45) is 0 Å². The lowest BCUT2D eigenvalue weighted by atomic mass is 10.1. The molecule has 2 rings (SSSR count). The van der Waals surface area contributed by atoms with E-state index in [0.717, 1.165) is 5.75 Å². The van der Waals surface area contributed by atoms with Crippen LogP contribution in [0.25, 0.3) is 6.08 Å². The molecular formula is C18H15ClN2O2. The van der Waals surface area contributed by atoms with Gasteiger partial charge in [-0.3, -0.25) is 4.79 Å². The Balaban J connectivity index is 2.14. The number of nitrogens with zero attached hydrogens (tertiary/aromatic N) is 1. The summed E-state index contributed by atoms with van der Waals surface area (Å²) in [5.41, 5.74) is 1.18. The maximum atomic E-state index is 12.2. The normalized spacial score (nSPS) is 10.7. The monoisotopic (exact) mass is 326 g/mol. The van der Waals surface area contributed by atoms with Crippen molar-refractivity contribution in [3.63, 3.8) is 0 Å². The number of hydrogen-bond acceptors (Lipinski definition) is 3.